The second-order valence-electron chi connectivity index (χ2n) is 4.11. The van der Waals surface area contributed by atoms with Gasteiger partial charge >= 0.3 is 0 Å². The molecule has 0 saturated carbocycles. The molecule has 0 radical (unpaired) electrons. The topological polar surface area (TPSA) is 16.1 Å². The van der Waals surface area contributed by atoms with Crippen molar-refractivity contribution in [3.63, 3.8) is 0 Å². The van der Waals surface area contributed by atoms with Crippen molar-refractivity contribution >= 4 is 11.3 Å². The number of hydrogen-bond acceptors (Lipinski definition) is 3. The molecule has 0 saturated heterocycles. The van der Waals surface area contributed by atoms with E-state index in [1.807, 2.05) is 6.07 Å². The Labute approximate surface area is 101 Å². The molecule has 0 aliphatic rings. The summed E-state index contributed by atoms with van der Waals surface area (Å²) in [7, 11) is 4.17. The summed E-state index contributed by atoms with van der Waals surface area (Å²) in [5, 5.41) is 1.13. The molecule has 2 nitrogen and oxygen atoms in total. The molecule has 2 aromatic rings. The van der Waals surface area contributed by atoms with Crippen molar-refractivity contribution in [2.45, 2.75) is 13.5 Å². The summed E-state index contributed by atoms with van der Waals surface area (Å²) in [5.41, 5.74) is 2.35. The molecule has 3 heteroatoms. The maximum Gasteiger partial charge on any atom is 0.0905 e. The van der Waals surface area contributed by atoms with Crippen LogP contribution in [0.1, 0.15) is 9.88 Å². The zero-order valence-electron chi connectivity index (χ0n) is 9.90. The fourth-order valence-corrected chi connectivity index (χ4v) is 2.76. The maximum atomic E-state index is 4.63. The van der Waals surface area contributed by atoms with Gasteiger partial charge in [0.1, 0.15) is 0 Å². The van der Waals surface area contributed by atoms with E-state index in [1.54, 1.807) is 11.3 Å². The first-order valence-corrected chi connectivity index (χ1v) is 6.15. The summed E-state index contributed by atoms with van der Waals surface area (Å²) in [6, 6.07) is 10.4. The van der Waals surface area contributed by atoms with Crippen LogP contribution in [0.2, 0.25) is 0 Å². The predicted octanol–water partition coefficient (Wildman–Crippen LogP) is 3.18. The van der Waals surface area contributed by atoms with Gasteiger partial charge in [-0.15, -0.1) is 11.3 Å². The second-order valence-corrected chi connectivity index (χ2v) is 5.40. The molecule has 84 valence electrons. The van der Waals surface area contributed by atoms with Crippen LogP contribution < -0.4 is 0 Å². The Hall–Kier alpha value is -1.19. The molecular weight excluding hydrogens is 216 g/mol. The molecule has 2 rings (SSSR count). The molecule has 0 bridgehead atoms. The van der Waals surface area contributed by atoms with Crippen molar-refractivity contribution in [1.29, 1.82) is 0 Å². The Balaban J connectivity index is 2.40. The summed E-state index contributed by atoms with van der Waals surface area (Å²) < 4.78 is 0. The monoisotopic (exact) mass is 232 g/mol. The van der Waals surface area contributed by atoms with E-state index in [0.29, 0.717) is 0 Å². The molecule has 0 atom stereocenters. The average molecular weight is 232 g/mol. The molecule has 0 amide bonds. The van der Waals surface area contributed by atoms with Crippen LogP contribution in [-0.2, 0) is 6.54 Å². The highest BCUT2D eigenvalue weighted by Gasteiger charge is 2.11. The minimum atomic E-state index is 0.954. The largest absolute Gasteiger partial charge is 0.304 e. The van der Waals surface area contributed by atoms with Crippen LogP contribution in [0.5, 0.6) is 0 Å². The summed E-state index contributed by atoms with van der Waals surface area (Å²) in [6.45, 7) is 3.02. The minimum Gasteiger partial charge on any atom is -0.304 e. The summed E-state index contributed by atoms with van der Waals surface area (Å²) in [6.07, 6.45) is 0. The van der Waals surface area contributed by atoms with E-state index in [9.17, 15) is 0 Å². The molecule has 0 aliphatic heterocycles. The third-order valence-electron chi connectivity index (χ3n) is 2.31. The van der Waals surface area contributed by atoms with E-state index in [1.165, 1.54) is 10.4 Å². The first kappa shape index (κ1) is 11.3. The zero-order chi connectivity index (χ0) is 11.5. The van der Waals surface area contributed by atoms with Gasteiger partial charge in [-0.2, -0.15) is 0 Å². The van der Waals surface area contributed by atoms with E-state index in [2.05, 4.69) is 55.2 Å². The lowest BCUT2D eigenvalue weighted by Crippen LogP contribution is -2.10. The second kappa shape index (κ2) is 4.76. The number of rotatable bonds is 3. The van der Waals surface area contributed by atoms with Gasteiger partial charge in [-0.25, -0.2) is 4.98 Å². The van der Waals surface area contributed by atoms with Crippen molar-refractivity contribution in [3.05, 3.63) is 40.2 Å². The highest BCUT2D eigenvalue weighted by atomic mass is 32.1. The standard InChI is InChI=1S/C13H16N2S/c1-10-14-13(11-7-5-4-6-8-11)12(16-10)9-15(2)3/h4-8H,9H2,1-3H3. The lowest BCUT2D eigenvalue weighted by atomic mass is 10.1. The maximum absolute atomic E-state index is 4.63. The molecule has 0 fully saturated rings. The number of aryl methyl sites for hydroxylation is 1. The van der Waals surface area contributed by atoms with Gasteiger partial charge in [0.15, 0.2) is 0 Å². The quantitative estimate of drug-likeness (QED) is 0.808. The minimum absolute atomic E-state index is 0.954. The number of thiazole rings is 1. The van der Waals surface area contributed by atoms with Gasteiger partial charge in [0.25, 0.3) is 0 Å². The van der Waals surface area contributed by atoms with E-state index < -0.39 is 0 Å². The molecule has 0 aliphatic carbocycles. The first-order chi connectivity index (χ1) is 7.66. The van der Waals surface area contributed by atoms with Crippen LogP contribution in [0.3, 0.4) is 0 Å². The summed E-state index contributed by atoms with van der Waals surface area (Å²) >= 11 is 1.78. The SMILES string of the molecule is Cc1nc(-c2ccccc2)c(CN(C)C)s1. The Bertz CT molecular complexity index is 460. The van der Waals surface area contributed by atoms with Crippen LogP contribution >= 0.6 is 11.3 Å². The Morgan fingerprint density at radius 1 is 1.19 bits per heavy atom. The van der Waals surface area contributed by atoms with Crippen LogP contribution in [0.4, 0.5) is 0 Å². The number of aromatic nitrogens is 1. The van der Waals surface area contributed by atoms with E-state index in [4.69, 9.17) is 0 Å². The predicted molar refractivity (Wildman–Crippen MR) is 69.7 cm³/mol. The van der Waals surface area contributed by atoms with Crippen molar-refractivity contribution in [2.75, 3.05) is 14.1 Å². The number of benzene rings is 1. The van der Waals surface area contributed by atoms with E-state index in [0.717, 1.165) is 17.2 Å². The molecule has 1 aromatic carbocycles. The fourth-order valence-electron chi connectivity index (χ4n) is 1.69. The van der Waals surface area contributed by atoms with E-state index >= 15 is 0 Å². The van der Waals surface area contributed by atoms with Crippen LogP contribution in [0.25, 0.3) is 11.3 Å². The first-order valence-electron chi connectivity index (χ1n) is 5.33. The lowest BCUT2D eigenvalue weighted by Gasteiger charge is -2.08. The molecule has 1 heterocycles. The average Bonchev–Trinajstić information content (AvgIpc) is 2.60. The Kier molecular flexibility index (Phi) is 3.36. The third kappa shape index (κ3) is 2.49. The van der Waals surface area contributed by atoms with Gasteiger partial charge in [-0.3, -0.25) is 0 Å². The Morgan fingerprint density at radius 3 is 2.50 bits per heavy atom. The van der Waals surface area contributed by atoms with Gasteiger partial charge in [0.2, 0.25) is 0 Å². The van der Waals surface area contributed by atoms with Gasteiger partial charge in [-0.1, -0.05) is 30.3 Å². The van der Waals surface area contributed by atoms with Crippen molar-refractivity contribution in [1.82, 2.24) is 9.88 Å². The van der Waals surface area contributed by atoms with Crippen molar-refractivity contribution in [3.8, 4) is 11.3 Å². The van der Waals surface area contributed by atoms with Gasteiger partial charge in [0.05, 0.1) is 10.7 Å². The summed E-state index contributed by atoms with van der Waals surface area (Å²) in [4.78, 5) is 8.15. The molecule has 0 unspecified atom stereocenters. The molecule has 0 spiro atoms. The Morgan fingerprint density at radius 2 is 1.88 bits per heavy atom. The van der Waals surface area contributed by atoms with Gasteiger partial charge < -0.3 is 4.90 Å². The smallest absolute Gasteiger partial charge is 0.0905 e. The summed E-state index contributed by atoms with van der Waals surface area (Å²) in [5.74, 6) is 0. The van der Waals surface area contributed by atoms with Crippen LogP contribution in [0.15, 0.2) is 30.3 Å². The normalized spacial score (nSPS) is 11.0. The number of nitrogens with zero attached hydrogens (tertiary/aromatic N) is 2. The van der Waals surface area contributed by atoms with Crippen molar-refractivity contribution < 1.29 is 0 Å². The van der Waals surface area contributed by atoms with Crippen LogP contribution in [-0.4, -0.2) is 24.0 Å². The van der Waals surface area contributed by atoms with Gasteiger partial charge in [0, 0.05) is 17.0 Å². The van der Waals surface area contributed by atoms with E-state index in [-0.39, 0.29) is 0 Å². The van der Waals surface area contributed by atoms with Crippen LogP contribution in [0, 0.1) is 6.92 Å². The molecular formula is C13H16N2S. The molecule has 0 N–H and O–H groups in total. The fraction of sp³-hybridized carbons (Fsp3) is 0.308. The number of hydrogen-bond donors (Lipinski definition) is 0. The van der Waals surface area contributed by atoms with Gasteiger partial charge in [-0.05, 0) is 21.0 Å². The zero-order valence-corrected chi connectivity index (χ0v) is 10.7. The highest BCUT2D eigenvalue weighted by molar-refractivity contribution is 7.12. The van der Waals surface area contributed by atoms with Crippen molar-refractivity contribution in [2.24, 2.45) is 0 Å². The third-order valence-corrected chi connectivity index (χ3v) is 3.27. The molecule has 1 aromatic heterocycles. The highest BCUT2D eigenvalue weighted by Crippen LogP contribution is 2.28. The molecule has 16 heavy (non-hydrogen) atoms. The lowest BCUT2D eigenvalue weighted by molar-refractivity contribution is 0.406.